The average molecular weight is 250 g/mol. The standard InChI is InChI=1S/C8H5F3N2O4/c1-4-6(13(15)16)2-7(5(3-14)12-4)17-8(9,10)11/h2-3H,1H3. The predicted molar refractivity (Wildman–Crippen MR) is 47.7 cm³/mol. The number of hydrogen-bond donors (Lipinski definition) is 0. The third-order valence-corrected chi connectivity index (χ3v) is 1.71. The number of aldehydes is 1. The number of alkyl halides is 3. The van der Waals surface area contributed by atoms with Gasteiger partial charge in [0.05, 0.1) is 11.0 Å². The zero-order valence-corrected chi connectivity index (χ0v) is 8.32. The van der Waals surface area contributed by atoms with Gasteiger partial charge in [-0.1, -0.05) is 0 Å². The van der Waals surface area contributed by atoms with E-state index in [4.69, 9.17) is 0 Å². The molecule has 92 valence electrons. The molecular formula is C8H5F3N2O4. The first-order chi connectivity index (χ1) is 7.74. The third-order valence-electron chi connectivity index (χ3n) is 1.71. The van der Waals surface area contributed by atoms with Crippen LogP contribution < -0.4 is 4.74 Å². The van der Waals surface area contributed by atoms with Crippen molar-refractivity contribution in [1.29, 1.82) is 0 Å². The summed E-state index contributed by atoms with van der Waals surface area (Å²) in [6.07, 6.45) is -5.03. The van der Waals surface area contributed by atoms with Crippen LogP contribution in [0.15, 0.2) is 6.07 Å². The van der Waals surface area contributed by atoms with Crippen LogP contribution in [0.25, 0.3) is 0 Å². The number of aryl methyl sites for hydroxylation is 1. The Hall–Kier alpha value is -2.19. The van der Waals surface area contributed by atoms with Crippen molar-refractivity contribution in [3.63, 3.8) is 0 Å². The summed E-state index contributed by atoms with van der Waals surface area (Å²) >= 11 is 0. The van der Waals surface area contributed by atoms with Gasteiger partial charge in [-0.25, -0.2) is 4.98 Å². The fraction of sp³-hybridized carbons (Fsp3) is 0.250. The van der Waals surface area contributed by atoms with Gasteiger partial charge in [0, 0.05) is 0 Å². The Morgan fingerprint density at radius 2 is 2.12 bits per heavy atom. The maximum atomic E-state index is 12.0. The normalized spacial score (nSPS) is 11.1. The van der Waals surface area contributed by atoms with Gasteiger partial charge in [-0.15, -0.1) is 13.2 Å². The SMILES string of the molecule is Cc1nc(C=O)c(OC(F)(F)F)cc1[N+](=O)[O-]. The summed E-state index contributed by atoms with van der Waals surface area (Å²) in [5.41, 5.74) is -1.48. The van der Waals surface area contributed by atoms with E-state index in [1.807, 2.05) is 0 Å². The zero-order valence-electron chi connectivity index (χ0n) is 8.32. The van der Waals surface area contributed by atoms with Crippen molar-refractivity contribution in [1.82, 2.24) is 4.98 Å². The maximum absolute atomic E-state index is 12.0. The predicted octanol–water partition coefficient (Wildman–Crippen LogP) is 2.01. The van der Waals surface area contributed by atoms with Gasteiger partial charge in [-0.3, -0.25) is 14.9 Å². The van der Waals surface area contributed by atoms with Gasteiger partial charge < -0.3 is 4.74 Å². The molecular weight excluding hydrogens is 245 g/mol. The van der Waals surface area contributed by atoms with E-state index >= 15 is 0 Å². The lowest BCUT2D eigenvalue weighted by atomic mass is 10.2. The number of carbonyl (C=O) groups excluding carboxylic acids is 1. The van der Waals surface area contributed by atoms with Crippen molar-refractivity contribution in [2.75, 3.05) is 0 Å². The second kappa shape index (κ2) is 4.36. The van der Waals surface area contributed by atoms with Gasteiger partial charge in [0.1, 0.15) is 11.4 Å². The van der Waals surface area contributed by atoms with Gasteiger partial charge in [0.25, 0.3) is 5.69 Å². The number of nitro groups is 1. The van der Waals surface area contributed by atoms with Crippen LogP contribution in [0, 0.1) is 17.0 Å². The summed E-state index contributed by atoms with van der Waals surface area (Å²) in [6, 6.07) is 0.513. The van der Waals surface area contributed by atoms with Crippen LogP contribution in [-0.2, 0) is 0 Å². The molecule has 0 unspecified atom stereocenters. The second-order valence-electron chi connectivity index (χ2n) is 2.90. The largest absolute Gasteiger partial charge is 0.573 e. The number of aromatic nitrogens is 1. The fourth-order valence-corrected chi connectivity index (χ4v) is 1.07. The molecule has 1 aromatic heterocycles. The van der Waals surface area contributed by atoms with Crippen molar-refractivity contribution < 1.29 is 27.6 Å². The molecule has 1 rings (SSSR count). The second-order valence-corrected chi connectivity index (χ2v) is 2.90. The molecule has 0 saturated heterocycles. The number of nitrogens with zero attached hydrogens (tertiary/aromatic N) is 2. The minimum atomic E-state index is -5.05. The molecule has 0 amide bonds. The lowest BCUT2D eigenvalue weighted by Gasteiger charge is -2.10. The van der Waals surface area contributed by atoms with Crippen molar-refractivity contribution in [2.45, 2.75) is 13.3 Å². The Morgan fingerprint density at radius 3 is 2.53 bits per heavy atom. The monoisotopic (exact) mass is 250 g/mol. The first kappa shape index (κ1) is 12.9. The molecule has 0 aliphatic carbocycles. The van der Waals surface area contributed by atoms with Crippen molar-refractivity contribution in [3.05, 3.63) is 27.6 Å². The highest BCUT2D eigenvalue weighted by Gasteiger charge is 2.33. The molecule has 0 bridgehead atoms. The molecule has 6 nitrogen and oxygen atoms in total. The summed E-state index contributed by atoms with van der Waals surface area (Å²) in [6.45, 7) is 1.20. The van der Waals surface area contributed by atoms with E-state index in [0.717, 1.165) is 0 Å². The fourth-order valence-electron chi connectivity index (χ4n) is 1.07. The number of hydrogen-bond acceptors (Lipinski definition) is 5. The van der Waals surface area contributed by atoms with Crippen LogP contribution in [0.5, 0.6) is 5.75 Å². The van der Waals surface area contributed by atoms with E-state index in [0.29, 0.717) is 6.07 Å². The van der Waals surface area contributed by atoms with E-state index in [-0.39, 0.29) is 12.0 Å². The van der Waals surface area contributed by atoms with Gasteiger partial charge in [-0.05, 0) is 6.92 Å². The topological polar surface area (TPSA) is 82.3 Å². The number of halogens is 3. The highest BCUT2D eigenvalue weighted by Crippen LogP contribution is 2.29. The molecule has 0 saturated carbocycles. The molecule has 0 aromatic carbocycles. The molecule has 9 heteroatoms. The van der Waals surface area contributed by atoms with Crippen LogP contribution in [-0.4, -0.2) is 22.6 Å². The lowest BCUT2D eigenvalue weighted by Crippen LogP contribution is -2.19. The number of rotatable bonds is 3. The Labute approximate surface area is 92.2 Å². The van der Waals surface area contributed by atoms with Gasteiger partial charge in [0.15, 0.2) is 12.0 Å². The molecule has 0 aliphatic rings. The van der Waals surface area contributed by atoms with Crippen molar-refractivity contribution in [2.24, 2.45) is 0 Å². The molecule has 0 fully saturated rings. The molecule has 0 spiro atoms. The van der Waals surface area contributed by atoms with Crippen LogP contribution in [0.2, 0.25) is 0 Å². The Kier molecular flexibility index (Phi) is 3.30. The van der Waals surface area contributed by atoms with E-state index < -0.39 is 28.4 Å². The first-order valence-electron chi connectivity index (χ1n) is 4.11. The number of carbonyl (C=O) groups is 1. The molecule has 17 heavy (non-hydrogen) atoms. The van der Waals surface area contributed by atoms with Crippen LogP contribution in [0.3, 0.4) is 0 Å². The molecule has 0 aliphatic heterocycles. The van der Waals surface area contributed by atoms with E-state index in [1.165, 1.54) is 6.92 Å². The average Bonchev–Trinajstić information content (AvgIpc) is 2.17. The minimum absolute atomic E-state index is 0.0256. The quantitative estimate of drug-likeness (QED) is 0.465. The van der Waals surface area contributed by atoms with Crippen LogP contribution in [0.1, 0.15) is 16.2 Å². The van der Waals surface area contributed by atoms with E-state index in [9.17, 15) is 28.1 Å². The zero-order chi connectivity index (χ0) is 13.2. The summed E-state index contributed by atoms with van der Waals surface area (Å²) in [7, 11) is 0. The number of pyridine rings is 1. The molecule has 0 N–H and O–H groups in total. The Bertz CT molecular complexity index is 473. The summed E-state index contributed by atoms with van der Waals surface area (Å²) in [5.74, 6) is -0.996. The maximum Gasteiger partial charge on any atom is 0.573 e. The smallest absolute Gasteiger partial charge is 0.403 e. The van der Waals surface area contributed by atoms with E-state index in [2.05, 4.69) is 9.72 Å². The molecule has 1 aromatic rings. The Morgan fingerprint density at radius 1 is 1.53 bits per heavy atom. The van der Waals surface area contributed by atoms with Crippen molar-refractivity contribution in [3.8, 4) is 5.75 Å². The van der Waals surface area contributed by atoms with Crippen LogP contribution in [0.4, 0.5) is 18.9 Å². The highest BCUT2D eigenvalue weighted by atomic mass is 19.4. The van der Waals surface area contributed by atoms with Crippen molar-refractivity contribution >= 4 is 12.0 Å². The minimum Gasteiger partial charge on any atom is -0.403 e. The summed E-state index contributed by atoms with van der Waals surface area (Å²) in [5, 5.41) is 10.5. The van der Waals surface area contributed by atoms with E-state index in [1.54, 1.807) is 0 Å². The van der Waals surface area contributed by atoms with Gasteiger partial charge in [-0.2, -0.15) is 0 Å². The first-order valence-corrected chi connectivity index (χ1v) is 4.11. The lowest BCUT2D eigenvalue weighted by molar-refractivity contribution is -0.386. The molecule has 1 heterocycles. The molecule has 0 atom stereocenters. The number of ether oxygens (including phenoxy) is 1. The van der Waals surface area contributed by atoms with Gasteiger partial charge >= 0.3 is 6.36 Å². The van der Waals surface area contributed by atoms with Crippen LogP contribution >= 0.6 is 0 Å². The molecule has 0 radical (unpaired) electrons. The Balaban J connectivity index is 3.31. The van der Waals surface area contributed by atoms with Gasteiger partial charge in [0.2, 0.25) is 0 Å². The highest BCUT2D eigenvalue weighted by molar-refractivity contribution is 5.77. The third kappa shape index (κ3) is 3.13. The summed E-state index contributed by atoms with van der Waals surface area (Å²) < 4.78 is 39.3. The summed E-state index contributed by atoms with van der Waals surface area (Å²) in [4.78, 5) is 23.4.